The van der Waals surface area contributed by atoms with Crippen LogP contribution in [0.2, 0.25) is 0 Å². The Labute approximate surface area is 108 Å². The zero-order valence-corrected chi connectivity index (χ0v) is 12.1. The summed E-state index contributed by atoms with van der Waals surface area (Å²) in [5.74, 6) is 1.55. The van der Waals surface area contributed by atoms with Crippen molar-refractivity contribution in [2.75, 3.05) is 13.1 Å². The topological polar surface area (TPSA) is 12.0 Å². The molecule has 0 saturated heterocycles. The maximum atomic E-state index is 3.48. The first kappa shape index (κ1) is 14.8. The maximum absolute atomic E-state index is 3.48. The summed E-state index contributed by atoms with van der Waals surface area (Å²) in [4.78, 5) is 0. The molecule has 17 heavy (non-hydrogen) atoms. The van der Waals surface area contributed by atoms with Gasteiger partial charge >= 0.3 is 0 Å². The molecule has 0 radical (unpaired) electrons. The molecule has 1 aliphatic carbocycles. The van der Waals surface area contributed by atoms with Crippen molar-refractivity contribution >= 4 is 0 Å². The van der Waals surface area contributed by atoms with Crippen molar-refractivity contribution in [1.82, 2.24) is 5.32 Å². The van der Waals surface area contributed by atoms with Gasteiger partial charge in [0.2, 0.25) is 0 Å². The van der Waals surface area contributed by atoms with Gasteiger partial charge in [0.25, 0.3) is 0 Å². The standard InChI is InChI=1S/C16H31N/c1-4-17-13-16(14(2)3)12-15-10-8-6-5-7-9-11-15/h12,14-15,17H,4-11,13H2,1-3H3. The Bertz CT molecular complexity index is 210. The van der Waals surface area contributed by atoms with Crippen LogP contribution in [-0.4, -0.2) is 13.1 Å². The van der Waals surface area contributed by atoms with Gasteiger partial charge in [0.1, 0.15) is 0 Å². The predicted octanol–water partition coefficient (Wildman–Crippen LogP) is 4.54. The van der Waals surface area contributed by atoms with E-state index in [4.69, 9.17) is 0 Å². The second-order valence-electron chi connectivity index (χ2n) is 5.78. The molecule has 1 saturated carbocycles. The van der Waals surface area contributed by atoms with E-state index in [2.05, 4.69) is 32.2 Å². The summed E-state index contributed by atoms with van der Waals surface area (Å²) in [6, 6.07) is 0. The Morgan fingerprint density at radius 2 is 1.71 bits per heavy atom. The minimum atomic E-state index is 0.694. The molecule has 100 valence electrons. The summed E-state index contributed by atoms with van der Waals surface area (Å²) in [5.41, 5.74) is 1.62. The Morgan fingerprint density at radius 3 is 2.24 bits per heavy atom. The van der Waals surface area contributed by atoms with Crippen LogP contribution in [0.4, 0.5) is 0 Å². The fourth-order valence-electron chi connectivity index (χ4n) is 2.68. The molecule has 0 aromatic rings. The zero-order valence-electron chi connectivity index (χ0n) is 12.1. The summed E-state index contributed by atoms with van der Waals surface area (Å²) < 4.78 is 0. The first-order chi connectivity index (χ1) is 8.24. The summed E-state index contributed by atoms with van der Waals surface area (Å²) >= 11 is 0. The molecule has 0 heterocycles. The van der Waals surface area contributed by atoms with E-state index < -0.39 is 0 Å². The van der Waals surface area contributed by atoms with Crippen molar-refractivity contribution in [2.24, 2.45) is 11.8 Å². The van der Waals surface area contributed by atoms with Gasteiger partial charge in [-0.3, -0.25) is 0 Å². The van der Waals surface area contributed by atoms with Gasteiger partial charge in [0, 0.05) is 6.54 Å². The number of hydrogen-bond donors (Lipinski definition) is 1. The molecule has 1 nitrogen and oxygen atoms in total. The van der Waals surface area contributed by atoms with E-state index in [1.807, 2.05) is 0 Å². The van der Waals surface area contributed by atoms with Crippen LogP contribution in [0, 0.1) is 11.8 Å². The SMILES string of the molecule is CCNCC(=CC1CCCCCCC1)C(C)C. The lowest BCUT2D eigenvalue weighted by atomic mass is 9.88. The highest BCUT2D eigenvalue weighted by Gasteiger charge is 2.11. The number of likely N-dealkylation sites (N-methyl/N-ethyl adjacent to an activating group) is 1. The van der Waals surface area contributed by atoms with Crippen LogP contribution in [0.3, 0.4) is 0 Å². The second-order valence-corrected chi connectivity index (χ2v) is 5.78. The van der Waals surface area contributed by atoms with Crippen LogP contribution in [0.15, 0.2) is 11.6 Å². The van der Waals surface area contributed by atoms with Crippen LogP contribution < -0.4 is 5.32 Å². The fourth-order valence-corrected chi connectivity index (χ4v) is 2.68. The van der Waals surface area contributed by atoms with Crippen molar-refractivity contribution in [2.45, 2.75) is 65.7 Å². The highest BCUT2D eigenvalue weighted by atomic mass is 14.8. The Hall–Kier alpha value is -0.300. The van der Waals surface area contributed by atoms with Crippen molar-refractivity contribution in [3.8, 4) is 0 Å². The Balaban J connectivity index is 2.52. The molecular formula is C16H31N. The number of allylic oxidation sites excluding steroid dienone is 1. The fraction of sp³-hybridized carbons (Fsp3) is 0.875. The third kappa shape index (κ3) is 6.26. The van der Waals surface area contributed by atoms with Gasteiger partial charge in [-0.2, -0.15) is 0 Å². The molecule has 1 N–H and O–H groups in total. The van der Waals surface area contributed by atoms with Crippen molar-refractivity contribution in [1.29, 1.82) is 0 Å². The van der Waals surface area contributed by atoms with Crippen LogP contribution in [-0.2, 0) is 0 Å². The largest absolute Gasteiger partial charge is 0.313 e. The van der Waals surface area contributed by atoms with Gasteiger partial charge in [-0.25, -0.2) is 0 Å². The highest BCUT2D eigenvalue weighted by molar-refractivity contribution is 5.09. The monoisotopic (exact) mass is 237 g/mol. The van der Waals surface area contributed by atoms with E-state index in [-0.39, 0.29) is 0 Å². The Morgan fingerprint density at radius 1 is 1.12 bits per heavy atom. The molecular weight excluding hydrogens is 206 g/mol. The number of rotatable bonds is 5. The Kier molecular flexibility index (Phi) is 7.59. The molecule has 0 unspecified atom stereocenters. The van der Waals surface area contributed by atoms with E-state index in [1.165, 1.54) is 44.9 Å². The molecule has 0 bridgehead atoms. The second kappa shape index (κ2) is 8.74. The lowest BCUT2D eigenvalue weighted by Crippen LogP contribution is -2.19. The van der Waals surface area contributed by atoms with E-state index in [1.54, 1.807) is 5.57 Å². The van der Waals surface area contributed by atoms with Crippen LogP contribution >= 0.6 is 0 Å². The third-order valence-electron chi connectivity index (χ3n) is 3.92. The summed E-state index contributed by atoms with van der Waals surface area (Å²) in [6.45, 7) is 9.01. The third-order valence-corrected chi connectivity index (χ3v) is 3.92. The van der Waals surface area contributed by atoms with Gasteiger partial charge < -0.3 is 5.32 Å². The molecule has 0 aromatic carbocycles. The van der Waals surface area contributed by atoms with Crippen molar-refractivity contribution < 1.29 is 0 Å². The van der Waals surface area contributed by atoms with Crippen LogP contribution in [0.1, 0.15) is 65.7 Å². The minimum Gasteiger partial charge on any atom is -0.313 e. The maximum Gasteiger partial charge on any atom is 0.0167 e. The van der Waals surface area contributed by atoms with Gasteiger partial charge in [0.05, 0.1) is 0 Å². The van der Waals surface area contributed by atoms with Crippen molar-refractivity contribution in [3.63, 3.8) is 0 Å². The predicted molar refractivity (Wildman–Crippen MR) is 77.3 cm³/mol. The molecule has 0 atom stereocenters. The lowest BCUT2D eigenvalue weighted by Gasteiger charge is -2.20. The van der Waals surface area contributed by atoms with Crippen molar-refractivity contribution in [3.05, 3.63) is 11.6 Å². The smallest absolute Gasteiger partial charge is 0.0167 e. The molecule has 1 aliphatic rings. The number of nitrogens with one attached hydrogen (secondary N) is 1. The molecule has 1 fully saturated rings. The van der Waals surface area contributed by atoms with Gasteiger partial charge in [-0.15, -0.1) is 0 Å². The normalized spacial score (nSPS) is 20.4. The van der Waals surface area contributed by atoms with Gasteiger partial charge in [-0.1, -0.05) is 64.5 Å². The molecule has 1 heteroatoms. The lowest BCUT2D eigenvalue weighted by molar-refractivity contribution is 0.430. The molecule has 1 rings (SSSR count). The summed E-state index contributed by atoms with van der Waals surface area (Å²) in [5, 5.41) is 3.48. The van der Waals surface area contributed by atoms with Crippen LogP contribution in [0.25, 0.3) is 0 Å². The summed E-state index contributed by atoms with van der Waals surface area (Å²) in [7, 11) is 0. The minimum absolute atomic E-state index is 0.694. The summed E-state index contributed by atoms with van der Waals surface area (Å²) in [6.07, 6.45) is 12.7. The molecule has 0 amide bonds. The first-order valence-electron chi connectivity index (χ1n) is 7.65. The number of hydrogen-bond acceptors (Lipinski definition) is 1. The van der Waals surface area contributed by atoms with E-state index >= 15 is 0 Å². The quantitative estimate of drug-likeness (QED) is 0.692. The van der Waals surface area contributed by atoms with E-state index in [9.17, 15) is 0 Å². The van der Waals surface area contributed by atoms with Crippen LogP contribution in [0.5, 0.6) is 0 Å². The van der Waals surface area contributed by atoms with Gasteiger partial charge in [0.15, 0.2) is 0 Å². The average molecular weight is 237 g/mol. The zero-order chi connectivity index (χ0) is 12.5. The van der Waals surface area contributed by atoms with Gasteiger partial charge in [-0.05, 0) is 31.2 Å². The molecule has 0 spiro atoms. The highest BCUT2D eigenvalue weighted by Crippen LogP contribution is 2.25. The average Bonchev–Trinajstić information content (AvgIpc) is 2.26. The molecule has 0 aromatic heterocycles. The van der Waals surface area contributed by atoms with E-state index in [0.29, 0.717) is 5.92 Å². The first-order valence-corrected chi connectivity index (χ1v) is 7.65. The van der Waals surface area contributed by atoms with E-state index in [0.717, 1.165) is 19.0 Å². The molecule has 0 aliphatic heterocycles.